The normalized spacial score (nSPS) is 12.5. The molecule has 1 atom stereocenters. The summed E-state index contributed by atoms with van der Waals surface area (Å²) in [4.78, 5) is 12.5. The van der Waals surface area contributed by atoms with E-state index in [2.05, 4.69) is 5.32 Å². The predicted molar refractivity (Wildman–Crippen MR) is 98.9 cm³/mol. The van der Waals surface area contributed by atoms with Crippen LogP contribution in [0.15, 0.2) is 82.3 Å². The summed E-state index contributed by atoms with van der Waals surface area (Å²) < 4.78 is 31.3. The first-order valence-electron chi connectivity index (χ1n) is 7.84. The van der Waals surface area contributed by atoms with Crippen molar-refractivity contribution in [2.75, 3.05) is 6.54 Å². The van der Waals surface area contributed by atoms with E-state index >= 15 is 0 Å². The highest BCUT2D eigenvalue weighted by Crippen LogP contribution is 2.28. The molecular formula is C19H16ClNO4S. The van der Waals surface area contributed by atoms with Crippen LogP contribution in [0.5, 0.6) is 0 Å². The van der Waals surface area contributed by atoms with Crippen LogP contribution in [-0.2, 0) is 9.84 Å². The molecule has 1 N–H and O–H groups in total. The highest BCUT2D eigenvalue weighted by Gasteiger charge is 2.31. The molecule has 0 radical (unpaired) electrons. The second kappa shape index (κ2) is 7.76. The lowest BCUT2D eigenvalue weighted by molar-refractivity contribution is 0.0953. The Morgan fingerprint density at radius 2 is 1.81 bits per heavy atom. The Morgan fingerprint density at radius 3 is 2.46 bits per heavy atom. The zero-order valence-electron chi connectivity index (χ0n) is 13.6. The molecule has 0 saturated carbocycles. The number of carbonyl (C=O) groups excluding carboxylic acids is 1. The minimum atomic E-state index is -3.74. The summed E-state index contributed by atoms with van der Waals surface area (Å²) in [6.07, 6.45) is 1.40. The highest BCUT2D eigenvalue weighted by molar-refractivity contribution is 7.91. The lowest BCUT2D eigenvalue weighted by Crippen LogP contribution is -2.31. The zero-order valence-corrected chi connectivity index (χ0v) is 15.2. The zero-order chi connectivity index (χ0) is 18.6. The van der Waals surface area contributed by atoms with Gasteiger partial charge in [-0.15, -0.1) is 0 Å². The number of hydrogen-bond acceptors (Lipinski definition) is 4. The molecular weight excluding hydrogens is 374 g/mol. The van der Waals surface area contributed by atoms with Gasteiger partial charge < -0.3 is 9.73 Å². The fraction of sp³-hybridized carbons (Fsp3) is 0.105. The summed E-state index contributed by atoms with van der Waals surface area (Å²) in [5, 5.41) is 2.04. The molecule has 1 aromatic heterocycles. The van der Waals surface area contributed by atoms with E-state index in [1.54, 1.807) is 48.5 Å². The number of furan rings is 1. The van der Waals surface area contributed by atoms with Gasteiger partial charge >= 0.3 is 0 Å². The van der Waals surface area contributed by atoms with Crippen molar-refractivity contribution in [3.8, 4) is 0 Å². The Bertz CT molecular complexity index is 985. The van der Waals surface area contributed by atoms with Gasteiger partial charge in [-0.2, -0.15) is 0 Å². The van der Waals surface area contributed by atoms with Crippen LogP contribution in [0.2, 0.25) is 5.02 Å². The second-order valence-electron chi connectivity index (χ2n) is 5.58. The number of halogens is 1. The fourth-order valence-electron chi connectivity index (χ4n) is 2.53. The van der Waals surface area contributed by atoms with Crippen LogP contribution in [0.3, 0.4) is 0 Å². The molecule has 26 heavy (non-hydrogen) atoms. The summed E-state index contributed by atoms with van der Waals surface area (Å²) in [5.74, 6) is -0.146. The first-order chi connectivity index (χ1) is 12.5. The molecule has 0 aliphatic rings. The van der Waals surface area contributed by atoms with Crippen LogP contribution in [0.1, 0.15) is 21.4 Å². The third kappa shape index (κ3) is 3.98. The van der Waals surface area contributed by atoms with Crippen molar-refractivity contribution in [2.24, 2.45) is 0 Å². The largest absolute Gasteiger partial charge is 0.468 e. The molecule has 5 nitrogen and oxygen atoms in total. The predicted octanol–water partition coefficient (Wildman–Crippen LogP) is 3.88. The number of carbonyl (C=O) groups is 1. The van der Waals surface area contributed by atoms with Crippen molar-refractivity contribution in [3.05, 3.63) is 89.3 Å². The third-order valence-corrected chi connectivity index (χ3v) is 6.15. The highest BCUT2D eigenvalue weighted by atomic mass is 35.5. The fourth-order valence-corrected chi connectivity index (χ4v) is 4.33. The summed E-state index contributed by atoms with van der Waals surface area (Å²) in [7, 11) is -3.74. The first kappa shape index (κ1) is 18.2. The molecule has 1 unspecified atom stereocenters. The molecule has 0 fully saturated rings. The van der Waals surface area contributed by atoms with Gasteiger partial charge in [0.1, 0.15) is 11.0 Å². The number of hydrogen-bond donors (Lipinski definition) is 1. The van der Waals surface area contributed by atoms with E-state index in [9.17, 15) is 13.2 Å². The number of nitrogens with one attached hydrogen (secondary N) is 1. The maximum absolute atomic E-state index is 13.0. The molecule has 1 heterocycles. The lowest BCUT2D eigenvalue weighted by atomic mass is 10.2. The van der Waals surface area contributed by atoms with E-state index in [-0.39, 0.29) is 17.2 Å². The van der Waals surface area contributed by atoms with Crippen molar-refractivity contribution in [3.63, 3.8) is 0 Å². The summed E-state index contributed by atoms with van der Waals surface area (Å²) >= 11 is 5.89. The van der Waals surface area contributed by atoms with Crippen molar-refractivity contribution < 1.29 is 17.6 Å². The number of benzene rings is 2. The SMILES string of the molecule is O=C(NCC(c1ccco1)S(=O)(=O)c1ccccc1)c1cccc(Cl)c1. The molecule has 3 aromatic rings. The minimum Gasteiger partial charge on any atom is -0.468 e. The number of rotatable bonds is 6. The van der Waals surface area contributed by atoms with Crippen LogP contribution < -0.4 is 5.32 Å². The summed E-state index contributed by atoms with van der Waals surface area (Å²) in [6, 6.07) is 17.7. The van der Waals surface area contributed by atoms with Crippen LogP contribution in [0.25, 0.3) is 0 Å². The number of amides is 1. The van der Waals surface area contributed by atoms with E-state index in [0.29, 0.717) is 10.6 Å². The molecule has 0 bridgehead atoms. The third-order valence-electron chi connectivity index (χ3n) is 3.84. The van der Waals surface area contributed by atoms with Gasteiger partial charge in [0.2, 0.25) is 0 Å². The van der Waals surface area contributed by atoms with Gasteiger partial charge in [-0.1, -0.05) is 35.9 Å². The standard InChI is InChI=1S/C19H16ClNO4S/c20-15-7-4-6-14(12-15)19(22)21-13-18(17-10-5-11-25-17)26(23,24)16-8-2-1-3-9-16/h1-12,18H,13H2,(H,21,22). The smallest absolute Gasteiger partial charge is 0.251 e. The Morgan fingerprint density at radius 1 is 1.04 bits per heavy atom. The van der Waals surface area contributed by atoms with E-state index in [4.69, 9.17) is 16.0 Å². The maximum Gasteiger partial charge on any atom is 0.251 e. The van der Waals surface area contributed by atoms with Gasteiger partial charge in [-0.05, 0) is 42.5 Å². The molecule has 0 spiro atoms. The lowest BCUT2D eigenvalue weighted by Gasteiger charge is -2.16. The summed E-state index contributed by atoms with van der Waals surface area (Å²) in [5.41, 5.74) is 0.354. The van der Waals surface area contributed by atoms with Crippen LogP contribution in [0, 0.1) is 0 Å². The minimum absolute atomic E-state index is 0.129. The van der Waals surface area contributed by atoms with Crippen molar-refractivity contribution >= 4 is 27.3 Å². The van der Waals surface area contributed by atoms with Crippen molar-refractivity contribution in [1.29, 1.82) is 0 Å². The van der Waals surface area contributed by atoms with Gasteiger partial charge in [0.25, 0.3) is 5.91 Å². The Hall–Kier alpha value is -2.57. The van der Waals surface area contributed by atoms with Gasteiger partial charge in [-0.3, -0.25) is 4.79 Å². The van der Waals surface area contributed by atoms with Crippen LogP contribution in [-0.4, -0.2) is 20.9 Å². The van der Waals surface area contributed by atoms with E-state index < -0.39 is 21.0 Å². The molecule has 0 aliphatic heterocycles. The van der Waals surface area contributed by atoms with Gasteiger partial charge in [0, 0.05) is 17.1 Å². The Kier molecular flexibility index (Phi) is 5.44. The molecule has 134 valence electrons. The summed E-state index contributed by atoms with van der Waals surface area (Å²) in [6.45, 7) is -0.129. The average molecular weight is 390 g/mol. The molecule has 0 saturated heterocycles. The Balaban J connectivity index is 1.85. The van der Waals surface area contributed by atoms with Gasteiger partial charge in [0.05, 0.1) is 11.2 Å². The Labute approximate surface area is 156 Å². The molecule has 1 amide bonds. The monoisotopic (exact) mass is 389 g/mol. The van der Waals surface area contributed by atoms with E-state index in [1.165, 1.54) is 24.5 Å². The molecule has 2 aromatic carbocycles. The van der Waals surface area contributed by atoms with Crippen LogP contribution >= 0.6 is 11.6 Å². The van der Waals surface area contributed by atoms with Gasteiger partial charge in [-0.25, -0.2) is 8.42 Å². The molecule has 7 heteroatoms. The molecule has 0 aliphatic carbocycles. The van der Waals surface area contributed by atoms with Gasteiger partial charge in [0.15, 0.2) is 9.84 Å². The van der Waals surface area contributed by atoms with Crippen molar-refractivity contribution in [2.45, 2.75) is 10.1 Å². The van der Waals surface area contributed by atoms with E-state index in [1.807, 2.05) is 0 Å². The van der Waals surface area contributed by atoms with E-state index in [0.717, 1.165) is 0 Å². The topological polar surface area (TPSA) is 76.4 Å². The maximum atomic E-state index is 13.0. The van der Waals surface area contributed by atoms with Crippen LogP contribution in [0.4, 0.5) is 0 Å². The molecule has 3 rings (SSSR count). The average Bonchev–Trinajstić information content (AvgIpc) is 3.16. The van der Waals surface area contributed by atoms with Crippen molar-refractivity contribution in [1.82, 2.24) is 5.32 Å². The first-order valence-corrected chi connectivity index (χ1v) is 9.77. The quantitative estimate of drug-likeness (QED) is 0.694. The second-order valence-corrected chi connectivity index (χ2v) is 8.15. The number of sulfone groups is 1.